The van der Waals surface area contributed by atoms with Crippen LogP contribution in [0.3, 0.4) is 0 Å². The zero-order chi connectivity index (χ0) is 60.7. The molecule has 0 spiro atoms. The van der Waals surface area contributed by atoms with Crippen LogP contribution in [0.4, 0.5) is 0 Å². The van der Waals surface area contributed by atoms with Crippen LogP contribution in [0.1, 0.15) is 274 Å². The quantitative estimate of drug-likeness (QED) is 0.0142. The predicted molar refractivity (Wildman–Crippen MR) is 332 cm³/mol. The summed E-state index contributed by atoms with van der Waals surface area (Å²) in [5.74, 6) is 0.219. The zero-order valence-electron chi connectivity index (χ0n) is 54.2. The molecule has 0 aromatic carbocycles. The molecule has 2 unspecified atom stereocenters. The number of ether oxygens (including phenoxy) is 7. The number of hydrogen-bond donors (Lipinski definition) is 0. The number of esters is 4. The number of carbonyl (C=O) groups is 5. The maximum Gasteiger partial charge on any atom is 0.306 e. The van der Waals surface area contributed by atoms with Gasteiger partial charge in [0.25, 0.3) is 0 Å². The summed E-state index contributed by atoms with van der Waals surface area (Å²) < 4.78 is 35.4. The molecule has 472 valence electrons. The van der Waals surface area contributed by atoms with Gasteiger partial charge in [-0.1, -0.05) is 203 Å². The Labute approximate surface area is 488 Å². The van der Waals surface area contributed by atoms with Gasteiger partial charge in [-0.15, -0.1) is 6.58 Å². The second-order valence-corrected chi connectivity index (χ2v) is 21.2. The molecule has 0 saturated heterocycles. The van der Waals surface area contributed by atoms with E-state index in [9.17, 15) is 24.0 Å². The Morgan fingerprint density at radius 1 is 0.481 bits per heavy atom. The smallest absolute Gasteiger partial charge is 0.306 e. The van der Waals surface area contributed by atoms with Crippen molar-refractivity contribution < 1.29 is 57.1 Å². The minimum atomic E-state index is -0.252. The standard InChI is InChI=1S/C19H36O5.C15H30O3.C10H20.C9H18O.C7H14O.C6H13NO2/c1-4-6-8-9-10-11-12-18(20)24-16-17(15-22-3)14-19(21)23-13-7-5-2;1-4-6-7-8-9-10-11-15(16)18-13-14(5-2)12-17-3;1-3-5-7-9-10-8-6-4-2;1-2-3-4-5-6-7-8-9-10;1-4-8-6-5-7(2)3;1-6(8)9-5-4-7(2)3/h17H,4-16H2,1-3H3;14H,4-13H2,1-3H3;3H,1,4-10H2,2H3;9H,2-8H2,1H3;4,7H,1,5-6H2,2-3H3;4-5H2,1-3H3. The highest BCUT2D eigenvalue weighted by molar-refractivity contribution is 5.70. The van der Waals surface area contributed by atoms with Crippen LogP contribution in [0.5, 0.6) is 0 Å². The molecule has 2 atom stereocenters. The van der Waals surface area contributed by atoms with Gasteiger partial charge in [-0.05, 0) is 71.4 Å². The average Bonchev–Trinajstić information content (AvgIpc) is 3.41. The topological polar surface area (TPSA) is 153 Å². The van der Waals surface area contributed by atoms with E-state index in [0.29, 0.717) is 51.8 Å². The predicted octanol–water partition coefficient (Wildman–Crippen LogP) is 17.4. The number of carbonyl (C=O) groups excluding carboxylic acids is 5. The normalized spacial score (nSPS) is 11.0. The Kier molecular flexibility index (Phi) is 86.9. The van der Waals surface area contributed by atoms with E-state index < -0.39 is 0 Å². The lowest BCUT2D eigenvalue weighted by Gasteiger charge is -2.15. The Balaban J connectivity index is -0.000000214. The minimum absolute atomic E-state index is 0.0555. The third-order valence-electron chi connectivity index (χ3n) is 12.2. The molecule has 0 aliphatic heterocycles. The monoisotopic (exact) mass is 1130 g/mol. The summed E-state index contributed by atoms with van der Waals surface area (Å²) in [5, 5.41) is 0. The molecule has 13 heteroatoms. The molecular formula is C66H131NO12. The summed E-state index contributed by atoms with van der Waals surface area (Å²) >= 11 is 0. The van der Waals surface area contributed by atoms with Crippen molar-refractivity contribution in [2.24, 2.45) is 17.8 Å². The molecule has 13 nitrogen and oxygen atoms in total. The van der Waals surface area contributed by atoms with Gasteiger partial charge in [-0.2, -0.15) is 0 Å². The van der Waals surface area contributed by atoms with Gasteiger partial charge in [0.1, 0.15) is 12.9 Å². The molecule has 0 aromatic heterocycles. The van der Waals surface area contributed by atoms with Crippen LogP contribution in [0.15, 0.2) is 25.5 Å². The van der Waals surface area contributed by atoms with Gasteiger partial charge in [-0.3, -0.25) is 19.2 Å². The van der Waals surface area contributed by atoms with E-state index in [1.165, 1.54) is 142 Å². The van der Waals surface area contributed by atoms with Crippen LogP contribution in [0.2, 0.25) is 0 Å². The molecule has 0 saturated carbocycles. The second-order valence-electron chi connectivity index (χ2n) is 21.2. The molecule has 0 heterocycles. The molecule has 0 aliphatic rings. The molecule has 0 radical (unpaired) electrons. The van der Waals surface area contributed by atoms with Gasteiger partial charge in [0, 0.05) is 58.8 Å². The first-order valence-corrected chi connectivity index (χ1v) is 31.6. The fraction of sp³-hybridized carbons (Fsp3) is 0.864. The fourth-order valence-corrected chi connectivity index (χ4v) is 7.05. The highest BCUT2D eigenvalue weighted by Gasteiger charge is 2.17. The van der Waals surface area contributed by atoms with Crippen LogP contribution < -0.4 is 0 Å². The van der Waals surface area contributed by atoms with Gasteiger partial charge in [-0.25, -0.2) is 0 Å². The molecular weight excluding hydrogens is 999 g/mol. The van der Waals surface area contributed by atoms with Gasteiger partial charge in [0.15, 0.2) is 0 Å². The van der Waals surface area contributed by atoms with Crippen molar-refractivity contribution >= 4 is 30.2 Å². The van der Waals surface area contributed by atoms with Gasteiger partial charge < -0.3 is 42.9 Å². The lowest BCUT2D eigenvalue weighted by Crippen LogP contribution is -2.22. The summed E-state index contributed by atoms with van der Waals surface area (Å²) in [6.07, 6.45) is 41.7. The van der Waals surface area contributed by atoms with E-state index in [2.05, 4.69) is 66.4 Å². The SMILES string of the molecule is C=CCCCCCCCC.C=COCCC(C)C.CC(=O)OCCN(C)C.CCCCCCCCC(=O)OCC(CC)COC.CCCCCCCCC(=O)OCC(COC)CC(=O)OCCCC.CCCCCCCCC=O. The first-order valence-electron chi connectivity index (χ1n) is 31.6. The lowest BCUT2D eigenvalue weighted by atomic mass is 10.1. The van der Waals surface area contributed by atoms with Crippen molar-refractivity contribution in [3.63, 3.8) is 0 Å². The maximum absolute atomic E-state index is 11.8. The second kappa shape index (κ2) is 78.9. The Morgan fingerprint density at radius 2 is 0.899 bits per heavy atom. The van der Waals surface area contributed by atoms with Gasteiger partial charge >= 0.3 is 23.9 Å². The number of likely N-dealkylation sites (N-methyl/N-ethyl adjacent to an activating group) is 1. The van der Waals surface area contributed by atoms with Crippen molar-refractivity contribution in [3.8, 4) is 0 Å². The maximum atomic E-state index is 11.8. The summed E-state index contributed by atoms with van der Waals surface area (Å²) in [6, 6.07) is 0. The number of hydrogen-bond acceptors (Lipinski definition) is 13. The molecule has 0 aromatic rings. The molecule has 0 amide bonds. The molecule has 0 N–H and O–H groups in total. The Bertz CT molecular complexity index is 1230. The number of aldehydes is 1. The number of unbranched alkanes of at least 4 members (excludes halogenated alkanes) is 23. The van der Waals surface area contributed by atoms with Crippen LogP contribution in [-0.2, 0) is 57.1 Å². The van der Waals surface area contributed by atoms with E-state index in [1.54, 1.807) is 14.2 Å². The van der Waals surface area contributed by atoms with Crippen molar-refractivity contribution in [1.82, 2.24) is 4.90 Å². The van der Waals surface area contributed by atoms with E-state index in [1.807, 2.05) is 32.0 Å². The van der Waals surface area contributed by atoms with Crippen molar-refractivity contribution in [2.75, 3.05) is 81.1 Å². The Morgan fingerprint density at radius 3 is 1.28 bits per heavy atom. The molecule has 79 heavy (non-hydrogen) atoms. The lowest BCUT2D eigenvalue weighted by molar-refractivity contribution is -0.151. The van der Waals surface area contributed by atoms with E-state index in [4.69, 9.17) is 28.4 Å². The largest absolute Gasteiger partial charge is 0.502 e. The third kappa shape index (κ3) is 94.3. The summed E-state index contributed by atoms with van der Waals surface area (Å²) in [6.45, 7) is 30.2. The van der Waals surface area contributed by atoms with Crippen molar-refractivity contribution in [1.29, 1.82) is 0 Å². The number of allylic oxidation sites excluding steroid dienone is 1. The highest BCUT2D eigenvalue weighted by atomic mass is 16.5. The van der Waals surface area contributed by atoms with Crippen LogP contribution in [0, 0.1) is 17.8 Å². The summed E-state index contributed by atoms with van der Waals surface area (Å²) in [4.78, 5) is 57.0. The number of rotatable bonds is 49. The summed E-state index contributed by atoms with van der Waals surface area (Å²) in [7, 11) is 7.13. The molecule has 0 rings (SSSR count). The zero-order valence-corrected chi connectivity index (χ0v) is 54.2. The average molecular weight is 1130 g/mol. The van der Waals surface area contributed by atoms with Gasteiger partial charge in [0.2, 0.25) is 0 Å². The third-order valence-corrected chi connectivity index (χ3v) is 12.2. The van der Waals surface area contributed by atoms with Crippen LogP contribution >= 0.6 is 0 Å². The molecule has 0 aliphatic carbocycles. The van der Waals surface area contributed by atoms with Crippen LogP contribution in [-0.4, -0.2) is 116 Å². The highest BCUT2D eigenvalue weighted by Crippen LogP contribution is 2.13. The van der Waals surface area contributed by atoms with Crippen LogP contribution in [0.25, 0.3) is 0 Å². The fourth-order valence-electron chi connectivity index (χ4n) is 7.05. The van der Waals surface area contributed by atoms with E-state index in [0.717, 1.165) is 89.6 Å². The minimum Gasteiger partial charge on any atom is -0.502 e. The van der Waals surface area contributed by atoms with E-state index >= 15 is 0 Å². The number of nitrogens with zero attached hydrogens (tertiary/aromatic N) is 1. The van der Waals surface area contributed by atoms with Crippen molar-refractivity contribution in [2.45, 2.75) is 274 Å². The van der Waals surface area contributed by atoms with Gasteiger partial charge in [0.05, 0.1) is 52.3 Å². The first kappa shape index (κ1) is 87.0. The van der Waals surface area contributed by atoms with E-state index in [-0.39, 0.29) is 42.8 Å². The molecule has 0 fully saturated rings. The molecule has 0 bridgehead atoms. The number of methoxy groups -OCH3 is 2. The first-order chi connectivity index (χ1) is 38.1. The summed E-state index contributed by atoms with van der Waals surface area (Å²) in [5.41, 5.74) is 0. The Hall–Kier alpha value is -3.29. The van der Waals surface area contributed by atoms with Crippen molar-refractivity contribution in [3.05, 3.63) is 25.5 Å².